The van der Waals surface area contributed by atoms with E-state index in [2.05, 4.69) is 38.2 Å². The normalized spacial score (nSPS) is 11.5. The summed E-state index contributed by atoms with van der Waals surface area (Å²) in [6, 6.07) is 3.02. The predicted octanol–water partition coefficient (Wildman–Crippen LogP) is 3.74. The molecular weight excluding hydrogens is 503 g/mol. The molecule has 202 valence electrons. The van der Waals surface area contributed by atoms with E-state index in [0.717, 1.165) is 76.0 Å². The van der Waals surface area contributed by atoms with Crippen LogP contribution in [0.4, 0.5) is 0 Å². The Balaban J connectivity index is 0.0000130. The zero-order chi connectivity index (χ0) is 26.7. The summed E-state index contributed by atoms with van der Waals surface area (Å²) in [4.78, 5) is 24.6. The molecule has 0 unspecified atom stereocenters. The van der Waals surface area contributed by atoms with Gasteiger partial charge in [0, 0.05) is 0 Å². The quantitative estimate of drug-likeness (QED) is 0.0858. The van der Waals surface area contributed by atoms with Crippen LogP contribution < -0.4 is 29.6 Å². The molecule has 0 saturated heterocycles. The van der Waals surface area contributed by atoms with Crippen molar-refractivity contribution in [1.29, 1.82) is 0 Å². The molecule has 0 bridgehead atoms. The van der Waals surface area contributed by atoms with E-state index in [1.54, 1.807) is 0 Å². The molecule has 0 aromatic heterocycles. The zero-order valence-corrected chi connectivity index (χ0v) is 25.5. The molecule has 0 radical (unpaired) electrons. The van der Waals surface area contributed by atoms with Gasteiger partial charge in [-0.1, -0.05) is 63.8 Å². The van der Waals surface area contributed by atoms with Gasteiger partial charge in [0.05, 0.1) is 29.2 Å². The Morgan fingerprint density at radius 3 is 1.59 bits per heavy atom. The van der Waals surface area contributed by atoms with E-state index >= 15 is 0 Å². The molecule has 9 heteroatoms. The second-order valence-corrected chi connectivity index (χ2v) is 10.0. The number of ether oxygens (including phenoxy) is 2. The Hall–Kier alpha value is -1.45. The number of benzene rings is 1. The number of unbranched alkanes of at least 4 members (excludes halogenated alkanes) is 8. The van der Waals surface area contributed by atoms with Gasteiger partial charge >= 0.3 is 41.5 Å². The number of allylic oxidation sites excluding steroid dienone is 4. The molecular formula is C28H41NaO7S. The fraction of sp³-hybridized carbons (Fsp3) is 0.571. The molecule has 0 aliphatic carbocycles. The fourth-order valence-corrected chi connectivity index (χ4v) is 3.85. The summed E-state index contributed by atoms with van der Waals surface area (Å²) < 4.78 is 44.8. The number of rotatable bonds is 19. The summed E-state index contributed by atoms with van der Waals surface area (Å²) in [5.41, 5.74) is -0.402. The van der Waals surface area contributed by atoms with Gasteiger partial charge in [-0.05, 0) is 69.6 Å². The van der Waals surface area contributed by atoms with Gasteiger partial charge < -0.3 is 14.0 Å². The van der Waals surface area contributed by atoms with Crippen LogP contribution in [0.1, 0.15) is 112 Å². The molecule has 7 nitrogen and oxygen atoms in total. The first-order valence-corrected chi connectivity index (χ1v) is 14.5. The first-order valence-electron chi connectivity index (χ1n) is 13.0. The molecule has 0 aliphatic heterocycles. The number of hydrogen-bond donors (Lipinski definition) is 0. The Morgan fingerprint density at radius 1 is 0.730 bits per heavy atom. The van der Waals surface area contributed by atoms with E-state index in [9.17, 15) is 22.6 Å². The maximum Gasteiger partial charge on any atom is 1.00 e. The van der Waals surface area contributed by atoms with Crippen molar-refractivity contribution in [2.24, 2.45) is 0 Å². The van der Waals surface area contributed by atoms with E-state index < -0.39 is 27.0 Å². The Labute approximate surface area is 245 Å². The van der Waals surface area contributed by atoms with E-state index in [0.29, 0.717) is 12.8 Å². The molecule has 0 fully saturated rings. The zero-order valence-electron chi connectivity index (χ0n) is 22.7. The molecule has 0 spiro atoms. The topological polar surface area (TPSA) is 110 Å². The van der Waals surface area contributed by atoms with Gasteiger partial charge in [0.25, 0.3) is 0 Å². The summed E-state index contributed by atoms with van der Waals surface area (Å²) in [6.07, 6.45) is 20.0. The first-order chi connectivity index (χ1) is 17.3. The summed E-state index contributed by atoms with van der Waals surface area (Å²) in [7, 11) is -4.80. The molecule has 0 heterocycles. The van der Waals surface area contributed by atoms with Crippen LogP contribution in [-0.4, -0.2) is 38.1 Å². The van der Waals surface area contributed by atoms with Crippen LogP contribution in [-0.2, 0) is 19.6 Å². The van der Waals surface area contributed by atoms with Crippen molar-refractivity contribution >= 4 is 22.1 Å². The van der Waals surface area contributed by atoms with Crippen LogP contribution in [0.3, 0.4) is 0 Å². The van der Waals surface area contributed by atoms with Gasteiger partial charge in [-0.15, -0.1) is 0 Å². The third kappa shape index (κ3) is 16.2. The molecule has 0 aliphatic rings. The second kappa shape index (κ2) is 21.5. The van der Waals surface area contributed by atoms with E-state index in [1.807, 2.05) is 0 Å². The standard InChI is InChI=1S/C28H42O7S.Na/c1-3-5-7-9-11-13-15-17-21-34-27(29)25-20-19-24(36(31,32)33)23-26(25)28(30)35-22-18-16-14-12-10-8-6-4-2;/h9-12,19-20,23H,3-8,13-18,21-22H2,1-2H3,(H,31,32,33);/q;+1/p-1/b11-9+,12-10+;. The maximum absolute atomic E-state index is 12.6. The number of carbonyl (C=O) groups excluding carboxylic acids is 2. The SMILES string of the molecule is CCCC/C=C/CCCCOC(=O)c1ccc(S(=O)(=O)[O-])cc1C(=O)OCCCC/C=C/CCCC.[Na+]. The average Bonchev–Trinajstić information content (AvgIpc) is 2.85. The minimum Gasteiger partial charge on any atom is -0.744 e. The molecule has 1 aromatic carbocycles. The van der Waals surface area contributed by atoms with Gasteiger partial charge in [-0.3, -0.25) is 0 Å². The van der Waals surface area contributed by atoms with Crippen LogP contribution in [0.25, 0.3) is 0 Å². The molecule has 1 rings (SSSR count). The van der Waals surface area contributed by atoms with Crippen molar-refractivity contribution in [3.8, 4) is 0 Å². The van der Waals surface area contributed by atoms with E-state index in [4.69, 9.17) is 9.47 Å². The Morgan fingerprint density at radius 2 is 1.16 bits per heavy atom. The third-order valence-corrected chi connectivity index (χ3v) is 6.33. The summed E-state index contributed by atoms with van der Waals surface area (Å²) in [6.45, 7) is 4.58. The Kier molecular flexibility index (Phi) is 20.6. The smallest absolute Gasteiger partial charge is 0.744 e. The summed E-state index contributed by atoms with van der Waals surface area (Å²) >= 11 is 0. The summed E-state index contributed by atoms with van der Waals surface area (Å²) in [5, 5.41) is 0. The molecule has 0 saturated carbocycles. The molecule has 1 aromatic rings. The van der Waals surface area contributed by atoms with Crippen LogP contribution in [0.5, 0.6) is 0 Å². The molecule has 0 amide bonds. The number of esters is 2. The van der Waals surface area contributed by atoms with Gasteiger partial charge in [0.15, 0.2) is 0 Å². The largest absolute Gasteiger partial charge is 1.00 e. The van der Waals surface area contributed by atoms with Gasteiger partial charge in [0.2, 0.25) is 0 Å². The number of carbonyl (C=O) groups is 2. The first kappa shape index (κ1) is 35.5. The van der Waals surface area contributed by atoms with Crippen molar-refractivity contribution in [2.45, 2.75) is 95.8 Å². The van der Waals surface area contributed by atoms with Gasteiger partial charge in [-0.25, -0.2) is 18.0 Å². The predicted molar refractivity (Wildman–Crippen MR) is 140 cm³/mol. The minimum atomic E-state index is -4.80. The van der Waals surface area contributed by atoms with Crippen molar-refractivity contribution in [2.75, 3.05) is 13.2 Å². The van der Waals surface area contributed by atoms with Crippen molar-refractivity contribution in [3.63, 3.8) is 0 Å². The van der Waals surface area contributed by atoms with Crippen molar-refractivity contribution in [1.82, 2.24) is 0 Å². The fourth-order valence-electron chi connectivity index (χ4n) is 3.35. The Bertz CT molecular complexity index is 955. The molecule has 0 atom stereocenters. The minimum absolute atomic E-state index is 0. The van der Waals surface area contributed by atoms with E-state index in [-0.39, 0.29) is 53.9 Å². The average molecular weight is 545 g/mol. The van der Waals surface area contributed by atoms with Crippen LogP contribution in [0.2, 0.25) is 0 Å². The summed E-state index contributed by atoms with van der Waals surface area (Å²) in [5.74, 6) is -1.62. The third-order valence-electron chi connectivity index (χ3n) is 5.50. The maximum atomic E-state index is 12.6. The van der Waals surface area contributed by atoms with Gasteiger partial charge in [-0.2, -0.15) is 0 Å². The molecule has 0 N–H and O–H groups in total. The van der Waals surface area contributed by atoms with Crippen molar-refractivity contribution < 1.29 is 61.6 Å². The molecule has 37 heavy (non-hydrogen) atoms. The van der Waals surface area contributed by atoms with Gasteiger partial charge in [0.1, 0.15) is 10.1 Å². The van der Waals surface area contributed by atoms with E-state index in [1.165, 1.54) is 6.42 Å². The van der Waals surface area contributed by atoms with Crippen LogP contribution in [0.15, 0.2) is 47.4 Å². The second-order valence-electron chi connectivity index (χ2n) is 8.65. The number of hydrogen-bond acceptors (Lipinski definition) is 7. The monoisotopic (exact) mass is 544 g/mol. The van der Waals surface area contributed by atoms with Crippen molar-refractivity contribution in [3.05, 3.63) is 53.6 Å². The van der Waals surface area contributed by atoms with Crippen LogP contribution in [0, 0.1) is 0 Å². The van der Waals surface area contributed by atoms with Crippen LogP contribution >= 0.6 is 0 Å².